The molecule has 92 valence electrons. The molecule has 1 aliphatic carbocycles. The van der Waals surface area contributed by atoms with Crippen LogP contribution >= 0.6 is 0 Å². The molecule has 0 spiro atoms. The molecule has 1 aliphatic rings. The zero-order valence-electron chi connectivity index (χ0n) is 10.3. The van der Waals surface area contributed by atoms with E-state index in [1.165, 1.54) is 19.3 Å². The van der Waals surface area contributed by atoms with Crippen LogP contribution in [0.1, 0.15) is 32.1 Å². The number of nitrogens with zero attached hydrogens (tertiary/aromatic N) is 1. The summed E-state index contributed by atoms with van der Waals surface area (Å²) in [4.78, 5) is 2.30. The van der Waals surface area contributed by atoms with Gasteiger partial charge in [-0.3, -0.25) is 4.90 Å². The van der Waals surface area contributed by atoms with Crippen LogP contribution in [0.2, 0.25) is 0 Å². The molecule has 1 rings (SSSR count). The fourth-order valence-corrected chi connectivity index (χ4v) is 2.50. The van der Waals surface area contributed by atoms with E-state index >= 15 is 0 Å². The second kappa shape index (κ2) is 7.64. The highest BCUT2D eigenvalue weighted by Crippen LogP contribution is 2.24. The van der Waals surface area contributed by atoms with Crippen molar-refractivity contribution in [3.05, 3.63) is 25.3 Å². The quantitative estimate of drug-likeness (QED) is 0.552. The predicted octanol–water partition coefficient (Wildman–Crippen LogP) is 2.60. The average molecular weight is 223 g/mol. The van der Waals surface area contributed by atoms with Crippen LogP contribution in [0.5, 0.6) is 0 Å². The second-order valence-electron chi connectivity index (χ2n) is 4.76. The monoisotopic (exact) mass is 223 g/mol. The summed E-state index contributed by atoms with van der Waals surface area (Å²) in [6.07, 6.45) is 9.58. The third-order valence-electron chi connectivity index (χ3n) is 3.39. The zero-order chi connectivity index (χ0) is 11.8. The lowest BCUT2D eigenvalue weighted by Crippen LogP contribution is -2.35. The number of hydrogen-bond acceptors (Lipinski definition) is 2. The number of rotatable bonds is 6. The largest absolute Gasteiger partial charge is 0.393 e. The van der Waals surface area contributed by atoms with Crippen molar-refractivity contribution in [2.45, 2.75) is 38.2 Å². The third-order valence-corrected chi connectivity index (χ3v) is 3.39. The van der Waals surface area contributed by atoms with Crippen LogP contribution in [-0.4, -0.2) is 35.7 Å². The number of aliphatic hydroxyl groups is 1. The zero-order valence-corrected chi connectivity index (χ0v) is 10.3. The van der Waals surface area contributed by atoms with Gasteiger partial charge in [-0.2, -0.15) is 0 Å². The molecule has 0 aromatic carbocycles. The van der Waals surface area contributed by atoms with Crippen molar-refractivity contribution < 1.29 is 5.11 Å². The third kappa shape index (κ3) is 4.50. The minimum atomic E-state index is -0.111. The molecular weight excluding hydrogens is 198 g/mol. The molecule has 1 saturated carbocycles. The van der Waals surface area contributed by atoms with Gasteiger partial charge in [0.05, 0.1) is 6.10 Å². The van der Waals surface area contributed by atoms with Gasteiger partial charge in [-0.1, -0.05) is 31.4 Å². The molecule has 0 bridgehead atoms. The van der Waals surface area contributed by atoms with Gasteiger partial charge in [0.1, 0.15) is 0 Å². The van der Waals surface area contributed by atoms with Crippen LogP contribution in [0.25, 0.3) is 0 Å². The maximum absolute atomic E-state index is 10.1. The van der Waals surface area contributed by atoms with Crippen molar-refractivity contribution in [1.29, 1.82) is 0 Å². The molecule has 0 heterocycles. The summed E-state index contributed by atoms with van der Waals surface area (Å²) in [5, 5.41) is 10.1. The lowest BCUT2D eigenvalue weighted by molar-refractivity contribution is 0.0788. The van der Waals surface area contributed by atoms with Crippen molar-refractivity contribution in [3.63, 3.8) is 0 Å². The maximum Gasteiger partial charge on any atom is 0.0580 e. The van der Waals surface area contributed by atoms with Gasteiger partial charge in [0.25, 0.3) is 0 Å². The summed E-state index contributed by atoms with van der Waals surface area (Å²) in [5.41, 5.74) is 0. The molecule has 2 nitrogen and oxygen atoms in total. The Labute approximate surface area is 99.7 Å². The SMILES string of the molecule is C=CCN(CC=C)CC1CCCCCC1O. The highest BCUT2D eigenvalue weighted by Gasteiger charge is 2.23. The van der Waals surface area contributed by atoms with Crippen molar-refractivity contribution in [3.8, 4) is 0 Å². The standard InChI is InChI=1S/C14H25NO/c1-3-10-15(11-4-2)12-13-8-6-5-7-9-14(13)16/h3-4,13-14,16H,1-2,5-12H2. The summed E-state index contributed by atoms with van der Waals surface area (Å²) in [5.74, 6) is 0.433. The molecule has 2 atom stereocenters. The molecule has 1 fully saturated rings. The van der Waals surface area contributed by atoms with Gasteiger partial charge >= 0.3 is 0 Å². The first-order chi connectivity index (χ1) is 7.77. The van der Waals surface area contributed by atoms with Gasteiger partial charge in [-0.05, 0) is 18.8 Å². The summed E-state index contributed by atoms with van der Waals surface area (Å²) in [6.45, 7) is 10.3. The van der Waals surface area contributed by atoms with E-state index in [1.807, 2.05) is 12.2 Å². The molecule has 0 aliphatic heterocycles. The molecule has 0 aromatic heterocycles. The Morgan fingerprint density at radius 1 is 1.06 bits per heavy atom. The molecule has 0 saturated heterocycles. The Kier molecular flexibility index (Phi) is 6.43. The minimum Gasteiger partial charge on any atom is -0.393 e. The Bertz CT molecular complexity index is 205. The van der Waals surface area contributed by atoms with Crippen molar-refractivity contribution in [2.24, 2.45) is 5.92 Å². The maximum atomic E-state index is 10.1. The Balaban J connectivity index is 2.46. The second-order valence-corrected chi connectivity index (χ2v) is 4.76. The first-order valence-electron chi connectivity index (χ1n) is 6.40. The van der Waals surface area contributed by atoms with E-state index in [4.69, 9.17) is 0 Å². The minimum absolute atomic E-state index is 0.111. The van der Waals surface area contributed by atoms with E-state index in [1.54, 1.807) is 0 Å². The Morgan fingerprint density at radius 3 is 2.31 bits per heavy atom. The van der Waals surface area contributed by atoms with Gasteiger partial charge < -0.3 is 5.11 Å². The Hall–Kier alpha value is -0.600. The smallest absolute Gasteiger partial charge is 0.0580 e. The molecule has 2 unspecified atom stereocenters. The molecule has 2 heteroatoms. The van der Waals surface area contributed by atoms with Crippen molar-refractivity contribution in [2.75, 3.05) is 19.6 Å². The van der Waals surface area contributed by atoms with Crippen LogP contribution in [0.3, 0.4) is 0 Å². The normalized spacial score (nSPS) is 26.4. The van der Waals surface area contributed by atoms with E-state index < -0.39 is 0 Å². The summed E-state index contributed by atoms with van der Waals surface area (Å²) in [6, 6.07) is 0. The van der Waals surface area contributed by atoms with E-state index in [9.17, 15) is 5.11 Å². The highest BCUT2D eigenvalue weighted by molar-refractivity contribution is 4.83. The van der Waals surface area contributed by atoms with Crippen LogP contribution in [0, 0.1) is 5.92 Å². The molecule has 0 radical (unpaired) electrons. The summed E-state index contributed by atoms with van der Waals surface area (Å²) < 4.78 is 0. The molecule has 0 amide bonds. The van der Waals surface area contributed by atoms with Crippen molar-refractivity contribution in [1.82, 2.24) is 4.90 Å². The average Bonchev–Trinajstić information content (AvgIpc) is 2.45. The van der Waals surface area contributed by atoms with E-state index in [0.29, 0.717) is 5.92 Å². The lowest BCUT2D eigenvalue weighted by atomic mass is 9.96. The van der Waals surface area contributed by atoms with Gasteiger partial charge in [0, 0.05) is 19.6 Å². The molecule has 16 heavy (non-hydrogen) atoms. The van der Waals surface area contributed by atoms with Crippen molar-refractivity contribution >= 4 is 0 Å². The fraction of sp³-hybridized carbons (Fsp3) is 0.714. The van der Waals surface area contributed by atoms with Gasteiger partial charge in [-0.15, -0.1) is 13.2 Å². The molecular formula is C14H25NO. The predicted molar refractivity (Wildman–Crippen MR) is 69.4 cm³/mol. The number of aliphatic hydroxyl groups excluding tert-OH is 1. The van der Waals surface area contributed by atoms with E-state index in [0.717, 1.165) is 32.5 Å². The van der Waals surface area contributed by atoms with Crippen LogP contribution < -0.4 is 0 Å². The van der Waals surface area contributed by atoms with Gasteiger partial charge in [-0.25, -0.2) is 0 Å². The first kappa shape index (κ1) is 13.5. The topological polar surface area (TPSA) is 23.5 Å². The first-order valence-corrected chi connectivity index (χ1v) is 6.40. The van der Waals surface area contributed by atoms with E-state index in [2.05, 4.69) is 18.1 Å². The van der Waals surface area contributed by atoms with Crippen LogP contribution in [-0.2, 0) is 0 Å². The summed E-state index contributed by atoms with van der Waals surface area (Å²) >= 11 is 0. The molecule has 1 N–H and O–H groups in total. The number of hydrogen-bond donors (Lipinski definition) is 1. The van der Waals surface area contributed by atoms with E-state index in [-0.39, 0.29) is 6.10 Å². The fourth-order valence-electron chi connectivity index (χ4n) is 2.50. The van der Waals surface area contributed by atoms with Gasteiger partial charge in [0.2, 0.25) is 0 Å². The summed E-state index contributed by atoms with van der Waals surface area (Å²) in [7, 11) is 0. The van der Waals surface area contributed by atoms with Crippen LogP contribution in [0.15, 0.2) is 25.3 Å². The highest BCUT2D eigenvalue weighted by atomic mass is 16.3. The van der Waals surface area contributed by atoms with Gasteiger partial charge in [0.15, 0.2) is 0 Å². The van der Waals surface area contributed by atoms with Crippen LogP contribution in [0.4, 0.5) is 0 Å². The lowest BCUT2D eigenvalue weighted by Gasteiger charge is -2.27. The molecule has 0 aromatic rings. The Morgan fingerprint density at radius 2 is 1.69 bits per heavy atom.